The number of aryl methyl sites for hydroxylation is 1. The second-order valence-corrected chi connectivity index (χ2v) is 9.17. The second kappa shape index (κ2) is 8.69. The number of hydrogen-bond donors (Lipinski definition) is 1. The van der Waals surface area contributed by atoms with Gasteiger partial charge in [0.2, 0.25) is 0 Å². The van der Waals surface area contributed by atoms with Gasteiger partial charge < -0.3 is 19.2 Å². The third-order valence-electron chi connectivity index (χ3n) is 6.37. The molecule has 0 radical (unpaired) electrons. The maximum Gasteiger partial charge on any atom is 0.170 e. The zero-order valence-corrected chi connectivity index (χ0v) is 20.3. The van der Waals surface area contributed by atoms with Crippen LogP contribution in [0.3, 0.4) is 0 Å². The van der Waals surface area contributed by atoms with Gasteiger partial charge in [0.15, 0.2) is 5.11 Å². The SMILES string of the molecule is Cc1c(Cl)cccc1-n1c(C)cc([C@H]2[C@@H](c3ccccn3)NC(=S)N2Cc2ccco2)c1C. The molecule has 1 fully saturated rings. The van der Waals surface area contributed by atoms with Crippen molar-refractivity contribution in [3.63, 3.8) is 0 Å². The van der Waals surface area contributed by atoms with E-state index in [9.17, 15) is 0 Å². The van der Waals surface area contributed by atoms with Crippen molar-refractivity contribution >= 4 is 28.9 Å². The first-order valence-electron chi connectivity index (χ1n) is 10.9. The van der Waals surface area contributed by atoms with Gasteiger partial charge in [0.25, 0.3) is 0 Å². The van der Waals surface area contributed by atoms with Gasteiger partial charge in [-0.2, -0.15) is 0 Å². The van der Waals surface area contributed by atoms with Crippen LogP contribution in [-0.4, -0.2) is 19.6 Å². The van der Waals surface area contributed by atoms with Gasteiger partial charge in [-0.25, -0.2) is 0 Å². The molecule has 33 heavy (non-hydrogen) atoms. The molecule has 0 bridgehead atoms. The van der Waals surface area contributed by atoms with Crippen molar-refractivity contribution in [2.24, 2.45) is 0 Å². The first-order chi connectivity index (χ1) is 16.0. The highest BCUT2D eigenvalue weighted by molar-refractivity contribution is 7.80. The van der Waals surface area contributed by atoms with Gasteiger partial charge in [-0.3, -0.25) is 4.98 Å². The Bertz CT molecular complexity index is 1300. The van der Waals surface area contributed by atoms with Crippen LogP contribution in [0.1, 0.15) is 46.1 Å². The molecule has 2 atom stereocenters. The molecule has 1 saturated heterocycles. The molecule has 0 unspecified atom stereocenters. The smallest absolute Gasteiger partial charge is 0.170 e. The van der Waals surface area contributed by atoms with Gasteiger partial charge in [0.05, 0.1) is 30.6 Å². The van der Waals surface area contributed by atoms with E-state index < -0.39 is 0 Å². The predicted molar refractivity (Wildman–Crippen MR) is 135 cm³/mol. The Morgan fingerprint density at radius 2 is 1.94 bits per heavy atom. The molecule has 0 saturated carbocycles. The number of halogens is 1. The fraction of sp³-hybridized carbons (Fsp3) is 0.231. The summed E-state index contributed by atoms with van der Waals surface area (Å²) in [4.78, 5) is 6.85. The normalized spacial score (nSPS) is 18.1. The van der Waals surface area contributed by atoms with Crippen molar-refractivity contribution in [2.75, 3.05) is 0 Å². The molecule has 168 valence electrons. The van der Waals surface area contributed by atoms with Crippen LogP contribution in [0, 0.1) is 20.8 Å². The molecule has 3 aromatic heterocycles. The summed E-state index contributed by atoms with van der Waals surface area (Å²) in [5, 5.41) is 4.97. The monoisotopic (exact) mass is 476 g/mol. The lowest BCUT2D eigenvalue weighted by molar-refractivity contribution is 0.286. The number of rotatable bonds is 5. The minimum Gasteiger partial charge on any atom is -0.467 e. The first kappa shape index (κ1) is 21.7. The summed E-state index contributed by atoms with van der Waals surface area (Å²) in [5.41, 5.74) is 6.59. The standard InChI is InChI=1S/C26H25ClN4OS/c1-16-14-20(18(3)31(16)23-11-6-9-21(27)17(23)2)25-24(22-10-4-5-12-28-22)29-26(33)30(25)15-19-8-7-13-32-19/h4-14,24-25H,15H2,1-3H3,(H,29,33)/t24-,25+/m1/s1. The van der Waals surface area contributed by atoms with Crippen LogP contribution in [0.15, 0.2) is 71.5 Å². The first-order valence-corrected chi connectivity index (χ1v) is 11.7. The third-order valence-corrected chi connectivity index (χ3v) is 7.13. The van der Waals surface area contributed by atoms with Gasteiger partial charge in [0, 0.05) is 28.3 Å². The molecule has 1 aliphatic heterocycles. The zero-order chi connectivity index (χ0) is 23.1. The summed E-state index contributed by atoms with van der Waals surface area (Å²) in [6.07, 6.45) is 3.52. The van der Waals surface area contributed by atoms with Gasteiger partial charge >= 0.3 is 0 Å². The lowest BCUT2D eigenvalue weighted by Crippen LogP contribution is -2.29. The maximum absolute atomic E-state index is 6.46. The van der Waals surface area contributed by atoms with E-state index in [-0.39, 0.29) is 12.1 Å². The largest absolute Gasteiger partial charge is 0.467 e. The van der Waals surface area contributed by atoms with E-state index in [1.165, 1.54) is 5.56 Å². The Kier molecular flexibility index (Phi) is 5.72. The van der Waals surface area contributed by atoms with Crippen molar-refractivity contribution in [2.45, 2.75) is 39.4 Å². The van der Waals surface area contributed by atoms with Crippen molar-refractivity contribution < 1.29 is 4.42 Å². The Labute approximate surface area is 204 Å². The fourth-order valence-electron chi connectivity index (χ4n) is 4.78. The molecule has 0 amide bonds. The van der Waals surface area contributed by atoms with Crippen LogP contribution in [0.4, 0.5) is 0 Å². The average Bonchev–Trinajstić information content (AvgIpc) is 3.51. The molecule has 1 aromatic carbocycles. The summed E-state index contributed by atoms with van der Waals surface area (Å²) in [6, 6.07) is 18.0. The average molecular weight is 477 g/mol. The number of benzene rings is 1. The van der Waals surface area contributed by atoms with E-state index in [1.807, 2.05) is 48.7 Å². The summed E-state index contributed by atoms with van der Waals surface area (Å²) in [5.74, 6) is 0.866. The third kappa shape index (κ3) is 3.83. The molecular weight excluding hydrogens is 452 g/mol. The molecule has 0 aliphatic carbocycles. The quantitative estimate of drug-likeness (QED) is 0.346. The fourth-order valence-corrected chi connectivity index (χ4v) is 5.26. The summed E-state index contributed by atoms with van der Waals surface area (Å²) in [7, 11) is 0. The highest BCUT2D eigenvalue weighted by atomic mass is 35.5. The molecule has 1 N–H and O–H groups in total. The number of nitrogens with zero attached hydrogens (tertiary/aromatic N) is 3. The number of pyridine rings is 1. The van der Waals surface area contributed by atoms with Crippen LogP contribution >= 0.6 is 23.8 Å². The lowest BCUT2D eigenvalue weighted by atomic mass is 9.96. The van der Waals surface area contributed by atoms with Crippen molar-refractivity contribution in [1.82, 2.24) is 19.8 Å². The molecule has 4 heterocycles. The van der Waals surface area contributed by atoms with E-state index in [2.05, 4.69) is 52.7 Å². The van der Waals surface area contributed by atoms with Gasteiger partial charge in [-0.15, -0.1) is 0 Å². The van der Waals surface area contributed by atoms with Crippen LogP contribution < -0.4 is 5.32 Å². The molecule has 7 heteroatoms. The Morgan fingerprint density at radius 3 is 2.67 bits per heavy atom. The number of furan rings is 1. The molecule has 4 aromatic rings. The molecule has 1 aliphatic rings. The molecule has 5 rings (SSSR count). The topological polar surface area (TPSA) is 46.2 Å². The van der Waals surface area contributed by atoms with E-state index in [0.29, 0.717) is 11.7 Å². The van der Waals surface area contributed by atoms with Gasteiger partial charge in [-0.05, 0) is 86.6 Å². The highest BCUT2D eigenvalue weighted by Gasteiger charge is 2.41. The Hall–Kier alpha value is -3.09. The van der Waals surface area contributed by atoms with Crippen molar-refractivity contribution in [3.05, 3.63) is 106 Å². The van der Waals surface area contributed by atoms with Crippen LogP contribution in [0.25, 0.3) is 5.69 Å². The molecule has 5 nitrogen and oxygen atoms in total. The number of thiocarbonyl (C=S) groups is 1. The Morgan fingerprint density at radius 1 is 1.09 bits per heavy atom. The Balaban J connectivity index is 1.65. The van der Waals surface area contributed by atoms with Crippen molar-refractivity contribution in [1.29, 1.82) is 0 Å². The minimum absolute atomic E-state index is 0.0445. The second-order valence-electron chi connectivity index (χ2n) is 8.38. The predicted octanol–water partition coefficient (Wildman–Crippen LogP) is 6.22. The number of nitrogens with one attached hydrogen (secondary N) is 1. The minimum atomic E-state index is -0.0805. The highest BCUT2D eigenvalue weighted by Crippen LogP contribution is 2.42. The van der Waals surface area contributed by atoms with Crippen LogP contribution in [0.5, 0.6) is 0 Å². The number of aromatic nitrogens is 2. The number of hydrogen-bond acceptors (Lipinski definition) is 3. The molecule has 0 spiro atoms. The van der Waals surface area contributed by atoms with E-state index in [0.717, 1.165) is 39.1 Å². The van der Waals surface area contributed by atoms with Crippen LogP contribution in [0.2, 0.25) is 5.02 Å². The summed E-state index contributed by atoms with van der Waals surface area (Å²) < 4.78 is 7.94. The zero-order valence-electron chi connectivity index (χ0n) is 18.7. The van der Waals surface area contributed by atoms with Crippen LogP contribution in [-0.2, 0) is 6.54 Å². The van der Waals surface area contributed by atoms with E-state index in [1.54, 1.807) is 6.26 Å². The molecular formula is C26H25ClN4OS. The van der Waals surface area contributed by atoms with Gasteiger partial charge in [0.1, 0.15) is 5.76 Å². The van der Waals surface area contributed by atoms with E-state index in [4.69, 9.17) is 28.2 Å². The van der Waals surface area contributed by atoms with Crippen molar-refractivity contribution in [3.8, 4) is 5.69 Å². The lowest BCUT2D eigenvalue weighted by Gasteiger charge is -2.27. The van der Waals surface area contributed by atoms with Gasteiger partial charge in [-0.1, -0.05) is 23.7 Å². The van der Waals surface area contributed by atoms with E-state index >= 15 is 0 Å². The maximum atomic E-state index is 6.46. The summed E-state index contributed by atoms with van der Waals surface area (Å²) in [6.45, 7) is 6.92. The summed E-state index contributed by atoms with van der Waals surface area (Å²) >= 11 is 12.3.